The molecular weight excluding hydrogens is 278 g/mol. The van der Waals surface area contributed by atoms with Gasteiger partial charge in [0.2, 0.25) is 0 Å². The highest BCUT2D eigenvalue weighted by molar-refractivity contribution is 5.54. The molecule has 3 heterocycles. The average molecular weight is 291 g/mol. The van der Waals surface area contributed by atoms with Crippen LogP contribution in [0.2, 0.25) is 0 Å². The van der Waals surface area contributed by atoms with Gasteiger partial charge in [-0.25, -0.2) is 23.5 Å². The number of hydrogen-bond donors (Lipinski definition) is 0. The van der Waals surface area contributed by atoms with Crippen LogP contribution in [0.4, 0.5) is 0 Å². The Morgan fingerprint density at radius 3 is 1.32 bits per heavy atom. The van der Waals surface area contributed by atoms with E-state index in [9.17, 15) is 9.59 Å². The Kier molecular flexibility index (Phi) is 1.97. The fourth-order valence-electron chi connectivity index (χ4n) is 3.92. The molecule has 1 aliphatic carbocycles. The van der Waals surface area contributed by atoms with Gasteiger partial charge < -0.3 is 0 Å². The summed E-state index contributed by atoms with van der Waals surface area (Å²) >= 11 is 0. The Morgan fingerprint density at radius 1 is 0.682 bits per heavy atom. The monoisotopic (exact) mass is 291 g/mol. The van der Waals surface area contributed by atoms with Crippen LogP contribution in [-0.2, 0) is 7.05 Å². The van der Waals surface area contributed by atoms with Gasteiger partial charge in [-0.3, -0.25) is 0 Å². The van der Waals surface area contributed by atoms with Crippen molar-refractivity contribution in [1.29, 1.82) is 0 Å². The first-order chi connectivity index (χ1) is 10.7. The second-order valence-corrected chi connectivity index (χ2v) is 5.88. The van der Waals surface area contributed by atoms with Gasteiger partial charge in [-0.05, 0) is 22.3 Å². The molecule has 3 aliphatic rings. The lowest BCUT2D eigenvalue weighted by molar-refractivity contribution is 0.350. The van der Waals surface area contributed by atoms with Crippen LogP contribution in [0.3, 0.4) is 0 Å². The Hall–Kier alpha value is -2.82. The largest absolute Gasteiger partial charge is 0.347 e. The van der Waals surface area contributed by atoms with Crippen LogP contribution in [0.25, 0.3) is 0 Å². The quantitative estimate of drug-likeness (QED) is 0.431. The van der Waals surface area contributed by atoms with Gasteiger partial charge in [0.1, 0.15) is 12.1 Å². The summed E-state index contributed by atoms with van der Waals surface area (Å²) in [5.74, 6) is 0. The van der Waals surface area contributed by atoms with Crippen LogP contribution in [-0.4, -0.2) is 13.9 Å². The molecule has 2 aliphatic heterocycles. The summed E-state index contributed by atoms with van der Waals surface area (Å²) in [6, 6.07) is 15.7. The van der Waals surface area contributed by atoms with E-state index in [1.807, 2.05) is 24.3 Å². The molecule has 1 aromatic heterocycles. The highest BCUT2D eigenvalue weighted by atomic mass is 16.2. The third-order valence-corrected chi connectivity index (χ3v) is 4.86. The molecule has 2 bridgehead atoms. The first-order valence-corrected chi connectivity index (χ1v) is 7.28. The number of nitrogens with zero attached hydrogens (tertiary/aromatic N) is 3. The van der Waals surface area contributed by atoms with Crippen LogP contribution in [0.5, 0.6) is 0 Å². The molecule has 0 fully saturated rings. The summed E-state index contributed by atoms with van der Waals surface area (Å²) in [6.07, 6.45) is 0. The molecule has 0 saturated heterocycles. The SMILES string of the molecule is Cn1c(=O)n2n(c1=O)C1c3ccccc3C2c2ccccc21. The van der Waals surface area contributed by atoms with Crippen molar-refractivity contribution in [2.24, 2.45) is 7.05 Å². The van der Waals surface area contributed by atoms with E-state index in [1.165, 1.54) is 11.6 Å². The lowest BCUT2D eigenvalue weighted by Gasteiger charge is -2.41. The maximum Gasteiger partial charge on any atom is 0.347 e. The lowest BCUT2D eigenvalue weighted by atomic mass is 9.78. The van der Waals surface area contributed by atoms with Crippen molar-refractivity contribution in [3.05, 3.63) is 91.8 Å². The van der Waals surface area contributed by atoms with Gasteiger partial charge in [0.05, 0.1) is 0 Å². The van der Waals surface area contributed by atoms with Gasteiger partial charge in [-0.2, -0.15) is 0 Å². The van der Waals surface area contributed by atoms with Crippen LogP contribution < -0.4 is 11.4 Å². The van der Waals surface area contributed by atoms with Crippen molar-refractivity contribution in [2.75, 3.05) is 0 Å². The van der Waals surface area contributed by atoms with Crippen LogP contribution in [0.15, 0.2) is 58.1 Å². The highest BCUT2D eigenvalue weighted by Crippen LogP contribution is 2.47. The zero-order valence-electron chi connectivity index (χ0n) is 11.9. The fourth-order valence-corrected chi connectivity index (χ4v) is 3.92. The molecule has 0 unspecified atom stereocenters. The molecule has 22 heavy (non-hydrogen) atoms. The molecule has 0 amide bonds. The molecular formula is C17H13N3O2. The summed E-state index contributed by atoms with van der Waals surface area (Å²) < 4.78 is 4.41. The summed E-state index contributed by atoms with van der Waals surface area (Å²) in [4.78, 5) is 25.1. The maximum atomic E-state index is 12.5. The van der Waals surface area contributed by atoms with Crippen LogP contribution >= 0.6 is 0 Å². The van der Waals surface area contributed by atoms with Gasteiger partial charge in [-0.15, -0.1) is 0 Å². The van der Waals surface area contributed by atoms with Gasteiger partial charge >= 0.3 is 11.4 Å². The molecule has 5 heteroatoms. The van der Waals surface area contributed by atoms with E-state index in [4.69, 9.17) is 0 Å². The average Bonchev–Trinajstić information content (AvgIpc) is 2.80. The smallest absolute Gasteiger partial charge is 0.246 e. The van der Waals surface area contributed by atoms with E-state index >= 15 is 0 Å². The number of benzene rings is 2. The molecule has 0 radical (unpaired) electrons. The Labute approximate surface area is 125 Å². The number of hydrogen-bond acceptors (Lipinski definition) is 2. The van der Waals surface area contributed by atoms with E-state index in [-0.39, 0.29) is 23.5 Å². The third kappa shape index (κ3) is 1.13. The van der Waals surface area contributed by atoms with E-state index in [2.05, 4.69) is 24.3 Å². The second kappa shape index (κ2) is 3.68. The van der Waals surface area contributed by atoms with Gasteiger partial charge in [0, 0.05) is 7.05 Å². The first kappa shape index (κ1) is 11.8. The lowest BCUT2D eigenvalue weighted by Crippen LogP contribution is -2.44. The van der Waals surface area contributed by atoms with Gasteiger partial charge in [0.25, 0.3) is 0 Å². The maximum absolute atomic E-state index is 12.5. The van der Waals surface area contributed by atoms with Crippen LogP contribution in [0, 0.1) is 0 Å². The van der Waals surface area contributed by atoms with E-state index in [0.717, 1.165) is 22.3 Å². The normalized spacial score (nSPS) is 20.4. The highest BCUT2D eigenvalue weighted by Gasteiger charge is 2.43. The molecule has 0 atom stereocenters. The molecule has 0 N–H and O–H groups in total. The van der Waals surface area contributed by atoms with Gasteiger partial charge in [0.15, 0.2) is 0 Å². The van der Waals surface area contributed by atoms with Crippen molar-refractivity contribution in [2.45, 2.75) is 12.1 Å². The summed E-state index contributed by atoms with van der Waals surface area (Å²) in [6.45, 7) is 0. The number of aromatic nitrogens is 3. The van der Waals surface area contributed by atoms with E-state index < -0.39 is 0 Å². The van der Waals surface area contributed by atoms with Crippen molar-refractivity contribution < 1.29 is 0 Å². The van der Waals surface area contributed by atoms with E-state index in [1.54, 1.807) is 9.36 Å². The second-order valence-electron chi connectivity index (χ2n) is 5.88. The van der Waals surface area contributed by atoms with Crippen LogP contribution in [0.1, 0.15) is 34.3 Å². The Balaban J connectivity index is 2.01. The minimum Gasteiger partial charge on any atom is -0.246 e. The molecule has 0 saturated carbocycles. The predicted molar refractivity (Wildman–Crippen MR) is 81.3 cm³/mol. The number of rotatable bonds is 0. The standard InChI is InChI=1S/C17H13N3O2/c1-18-16(21)19-14-10-6-2-3-7-11(10)15(20(19)17(18)22)13-9-5-4-8-12(13)14/h2-9,14-15H,1H3. The molecule has 3 aromatic rings. The summed E-state index contributed by atoms with van der Waals surface area (Å²) in [5.41, 5.74) is 3.92. The molecule has 108 valence electrons. The predicted octanol–water partition coefficient (Wildman–Crippen LogP) is 1.25. The van der Waals surface area contributed by atoms with Crippen molar-refractivity contribution in [1.82, 2.24) is 13.9 Å². The molecule has 5 nitrogen and oxygen atoms in total. The summed E-state index contributed by atoms with van der Waals surface area (Å²) in [7, 11) is 1.54. The molecule has 0 spiro atoms. The minimum absolute atomic E-state index is 0.223. The topological polar surface area (TPSA) is 48.9 Å². The van der Waals surface area contributed by atoms with Crippen molar-refractivity contribution >= 4 is 0 Å². The summed E-state index contributed by atoms with van der Waals surface area (Å²) in [5, 5.41) is 0. The Morgan fingerprint density at radius 2 is 1.00 bits per heavy atom. The van der Waals surface area contributed by atoms with Crippen molar-refractivity contribution in [3.63, 3.8) is 0 Å². The zero-order valence-corrected chi connectivity index (χ0v) is 11.9. The fraction of sp³-hybridized carbons (Fsp3) is 0.176. The van der Waals surface area contributed by atoms with E-state index in [0.29, 0.717) is 0 Å². The minimum atomic E-state index is -0.260. The van der Waals surface area contributed by atoms with Gasteiger partial charge in [-0.1, -0.05) is 48.5 Å². The molecule has 6 rings (SSSR count). The Bertz CT molecular complexity index is 925. The third-order valence-electron chi connectivity index (χ3n) is 4.86. The molecule has 2 aromatic carbocycles. The zero-order chi connectivity index (χ0) is 15.0. The first-order valence-electron chi connectivity index (χ1n) is 7.28. The van der Waals surface area contributed by atoms with Crippen molar-refractivity contribution in [3.8, 4) is 0 Å².